The standard InChI is InChI=1S/C28H27ClN6O.2ClH/c1-17-15-35(16-18(2)34(17)3)21-9-10-22(19(12-21)14-30)28(36)31-20-8-11-24(29)23(13-20)27-32-25-6-4-5-7-26(25)33-27;;/h4-13,17-18H,15-16H2,1-3H3,(H,31,36)(H,32,33);2*1H/t17-,18+;;. The van der Waals surface area contributed by atoms with Gasteiger partial charge in [-0.05, 0) is 69.4 Å². The summed E-state index contributed by atoms with van der Waals surface area (Å²) >= 11 is 6.46. The smallest absolute Gasteiger partial charge is 0.257 e. The highest BCUT2D eigenvalue weighted by atomic mass is 35.5. The van der Waals surface area contributed by atoms with Crippen LogP contribution in [0.2, 0.25) is 5.02 Å². The first kappa shape index (κ1) is 29.3. The van der Waals surface area contributed by atoms with E-state index in [1.807, 2.05) is 30.3 Å². The Morgan fingerprint density at radius 2 is 1.79 bits per heavy atom. The van der Waals surface area contributed by atoms with E-state index in [0.29, 0.717) is 45.3 Å². The predicted octanol–water partition coefficient (Wildman–Crippen LogP) is 6.38. The minimum absolute atomic E-state index is 0. The van der Waals surface area contributed by atoms with Crippen molar-refractivity contribution in [2.24, 2.45) is 0 Å². The number of amides is 1. The predicted molar refractivity (Wildman–Crippen MR) is 159 cm³/mol. The highest BCUT2D eigenvalue weighted by molar-refractivity contribution is 6.33. The molecule has 0 saturated carbocycles. The van der Waals surface area contributed by atoms with Gasteiger partial charge in [0.2, 0.25) is 0 Å². The summed E-state index contributed by atoms with van der Waals surface area (Å²) < 4.78 is 0. The Bertz CT molecular complexity index is 1450. The molecule has 1 aliphatic heterocycles. The molecule has 4 aromatic rings. The SMILES string of the molecule is C[C@@H]1CN(c2ccc(C(=O)Nc3ccc(Cl)c(-c4nc5ccccc5[nH]4)c3)c(C#N)c2)C[C@H](C)N1C.Cl.Cl. The van der Waals surface area contributed by atoms with Gasteiger partial charge in [-0.25, -0.2) is 4.98 Å². The summed E-state index contributed by atoms with van der Waals surface area (Å²) in [6.45, 7) is 6.13. The molecule has 0 unspecified atom stereocenters. The molecule has 7 nitrogen and oxygen atoms in total. The molecule has 2 heterocycles. The lowest BCUT2D eigenvalue weighted by atomic mass is 10.0. The zero-order chi connectivity index (χ0) is 25.4. The number of aromatic nitrogens is 2. The van der Waals surface area contributed by atoms with E-state index >= 15 is 0 Å². The topological polar surface area (TPSA) is 88.0 Å². The maximum Gasteiger partial charge on any atom is 0.257 e. The third-order valence-electron chi connectivity index (χ3n) is 6.96. The second-order valence-corrected chi connectivity index (χ2v) is 9.77. The second-order valence-electron chi connectivity index (χ2n) is 9.36. The fourth-order valence-electron chi connectivity index (χ4n) is 4.70. The minimum atomic E-state index is -0.351. The Morgan fingerprint density at radius 3 is 2.47 bits per heavy atom. The van der Waals surface area contributed by atoms with Crippen LogP contribution in [0, 0.1) is 11.3 Å². The molecular formula is C28H29Cl3N6O. The molecule has 10 heteroatoms. The number of H-pyrrole nitrogens is 1. The quantitative estimate of drug-likeness (QED) is 0.297. The van der Waals surface area contributed by atoms with E-state index in [1.165, 1.54) is 0 Å². The molecule has 0 spiro atoms. The molecule has 2 N–H and O–H groups in total. The molecule has 198 valence electrons. The van der Waals surface area contributed by atoms with Crippen LogP contribution in [0.3, 0.4) is 0 Å². The van der Waals surface area contributed by atoms with Gasteiger partial charge in [-0.2, -0.15) is 5.26 Å². The Kier molecular flexibility index (Phi) is 9.29. The summed E-state index contributed by atoms with van der Waals surface area (Å²) in [5, 5.41) is 13.2. The number of para-hydroxylation sites is 2. The summed E-state index contributed by atoms with van der Waals surface area (Å²) in [4.78, 5) is 25.7. The van der Waals surface area contributed by atoms with Crippen molar-refractivity contribution in [3.05, 3.63) is 76.8 Å². The van der Waals surface area contributed by atoms with Gasteiger partial charge in [0, 0.05) is 42.1 Å². The van der Waals surface area contributed by atoms with Crippen molar-refractivity contribution in [1.82, 2.24) is 14.9 Å². The number of nitrogens with one attached hydrogen (secondary N) is 2. The first-order chi connectivity index (χ1) is 17.3. The number of hydrogen-bond acceptors (Lipinski definition) is 5. The Labute approximate surface area is 239 Å². The lowest BCUT2D eigenvalue weighted by molar-refractivity contribution is 0.102. The van der Waals surface area contributed by atoms with Gasteiger partial charge in [0.05, 0.1) is 27.2 Å². The number of piperazine rings is 1. The number of carbonyl (C=O) groups excluding carboxylic acids is 1. The van der Waals surface area contributed by atoms with Crippen molar-refractivity contribution in [2.75, 3.05) is 30.4 Å². The fraction of sp³-hybridized carbons (Fsp3) is 0.250. The molecule has 1 fully saturated rings. The van der Waals surface area contributed by atoms with Gasteiger partial charge >= 0.3 is 0 Å². The Balaban J connectivity index is 0.00000200. The molecule has 1 amide bonds. The summed E-state index contributed by atoms with van der Waals surface area (Å²) in [5.74, 6) is 0.270. The third kappa shape index (κ3) is 5.74. The molecule has 1 aliphatic rings. The summed E-state index contributed by atoms with van der Waals surface area (Å²) in [6.07, 6.45) is 0. The molecule has 0 bridgehead atoms. The number of aromatic amines is 1. The van der Waals surface area contributed by atoms with Crippen LogP contribution in [-0.4, -0.2) is 53.0 Å². The maximum atomic E-state index is 13.2. The summed E-state index contributed by atoms with van der Waals surface area (Å²) in [7, 11) is 2.14. The van der Waals surface area contributed by atoms with Crippen LogP contribution in [0.5, 0.6) is 0 Å². The van der Waals surface area contributed by atoms with Crippen LogP contribution in [-0.2, 0) is 0 Å². The number of anilines is 2. The van der Waals surface area contributed by atoms with Crippen molar-refractivity contribution in [3.8, 4) is 17.5 Å². The van der Waals surface area contributed by atoms with E-state index in [1.54, 1.807) is 30.3 Å². The van der Waals surface area contributed by atoms with Crippen molar-refractivity contribution in [1.29, 1.82) is 5.26 Å². The van der Waals surface area contributed by atoms with E-state index in [0.717, 1.165) is 29.8 Å². The molecule has 0 aliphatic carbocycles. The van der Waals surface area contributed by atoms with Crippen LogP contribution < -0.4 is 10.2 Å². The lowest BCUT2D eigenvalue weighted by Gasteiger charge is -2.43. The third-order valence-corrected chi connectivity index (χ3v) is 7.29. The van der Waals surface area contributed by atoms with Gasteiger partial charge < -0.3 is 15.2 Å². The molecule has 5 rings (SSSR count). The zero-order valence-corrected chi connectivity index (χ0v) is 23.6. The van der Waals surface area contributed by atoms with Crippen LogP contribution in [0.4, 0.5) is 11.4 Å². The number of nitriles is 1. The average molecular weight is 572 g/mol. The number of benzene rings is 3. The highest BCUT2D eigenvalue weighted by Crippen LogP contribution is 2.31. The van der Waals surface area contributed by atoms with E-state index in [2.05, 4.69) is 52.0 Å². The van der Waals surface area contributed by atoms with Gasteiger partial charge in [0.25, 0.3) is 5.91 Å². The van der Waals surface area contributed by atoms with E-state index in [9.17, 15) is 10.1 Å². The van der Waals surface area contributed by atoms with Crippen molar-refractivity contribution in [3.63, 3.8) is 0 Å². The van der Waals surface area contributed by atoms with Crippen molar-refractivity contribution < 1.29 is 4.79 Å². The first-order valence-corrected chi connectivity index (χ1v) is 12.3. The van der Waals surface area contributed by atoms with E-state index < -0.39 is 0 Å². The largest absolute Gasteiger partial charge is 0.368 e. The van der Waals surface area contributed by atoms with Crippen molar-refractivity contribution >= 4 is 64.7 Å². The fourth-order valence-corrected chi connectivity index (χ4v) is 4.91. The normalized spacial score (nSPS) is 17.3. The summed E-state index contributed by atoms with van der Waals surface area (Å²) in [6, 6.07) is 21.4. The van der Waals surface area contributed by atoms with Crippen LogP contribution >= 0.6 is 36.4 Å². The molecule has 2 atom stereocenters. The molecule has 1 aromatic heterocycles. The van der Waals surface area contributed by atoms with Crippen molar-refractivity contribution in [2.45, 2.75) is 25.9 Å². The van der Waals surface area contributed by atoms with Crippen LogP contribution in [0.25, 0.3) is 22.4 Å². The Hall–Kier alpha value is -3.28. The lowest BCUT2D eigenvalue weighted by Crippen LogP contribution is -2.55. The number of carbonyl (C=O) groups is 1. The first-order valence-electron chi connectivity index (χ1n) is 11.9. The molecule has 38 heavy (non-hydrogen) atoms. The van der Waals surface area contributed by atoms with Gasteiger partial charge in [-0.15, -0.1) is 24.8 Å². The minimum Gasteiger partial charge on any atom is -0.368 e. The number of nitrogens with zero attached hydrogens (tertiary/aromatic N) is 4. The average Bonchev–Trinajstić information content (AvgIpc) is 3.31. The number of fused-ring (bicyclic) bond motifs is 1. The van der Waals surface area contributed by atoms with Gasteiger partial charge in [-0.3, -0.25) is 9.69 Å². The number of rotatable bonds is 4. The maximum absolute atomic E-state index is 13.2. The van der Waals surface area contributed by atoms with E-state index in [4.69, 9.17) is 11.6 Å². The van der Waals surface area contributed by atoms with Gasteiger partial charge in [0.15, 0.2) is 0 Å². The zero-order valence-electron chi connectivity index (χ0n) is 21.2. The molecule has 3 aromatic carbocycles. The Morgan fingerprint density at radius 1 is 1.08 bits per heavy atom. The second kappa shape index (κ2) is 12.1. The molecular weight excluding hydrogens is 543 g/mol. The highest BCUT2D eigenvalue weighted by Gasteiger charge is 2.27. The van der Waals surface area contributed by atoms with Crippen LogP contribution in [0.1, 0.15) is 29.8 Å². The van der Waals surface area contributed by atoms with Gasteiger partial charge in [0.1, 0.15) is 11.9 Å². The number of halogens is 3. The summed E-state index contributed by atoms with van der Waals surface area (Å²) in [5.41, 5.74) is 4.61. The van der Waals surface area contributed by atoms with Crippen LogP contribution in [0.15, 0.2) is 60.7 Å². The molecule has 0 radical (unpaired) electrons. The molecule has 1 saturated heterocycles. The monoisotopic (exact) mass is 570 g/mol. The number of imidazole rings is 1. The number of hydrogen-bond donors (Lipinski definition) is 2. The van der Waals surface area contributed by atoms with E-state index in [-0.39, 0.29) is 30.7 Å². The van der Waals surface area contributed by atoms with Gasteiger partial charge in [-0.1, -0.05) is 23.7 Å². The number of likely N-dealkylation sites (N-methyl/N-ethyl adjacent to an activating group) is 1.